The lowest BCUT2D eigenvalue weighted by Gasteiger charge is -2.29. The van der Waals surface area contributed by atoms with E-state index in [1.165, 1.54) is 44.9 Å². The van der Waals surface area contributed by atoms with Gasteiger partial charge in [-0.1, -0.05) is 73.1 Å². The molecule has 0 rings (SSSR count). The summed E-state index contributed by atoms with van der Waals surface area (Å²) in [6.07, 6.45) is 9.79. The summed E-state index contributed by atoms with van der Waals surface area (Å²) < 4.78 is 0. The summed E-state index contributed by atoms with van der Waals surface area (Å²) in [5, 5.41) is 0. The quantitative estimate of drug-likeness (QED) is 0.462. The van der Waals surface area contributed by atoms with E-state index in [0.29, 0.717) is 0 Å². The first kappa shape index (κ1) is 15.0. The molecule has 0 amide bonds. The van der Waals surface area contributed by atoms with Gasteiger partial charge in [-0.05, 0) is 24.2 Å². The second kappa shape index (κ2) is 9.24. The molecule has 0 aliphatic heterocycles. The van der Waals surface area contributed by atoms with Crippen molar-refractivity contribution in [2.24, 2.45) is 17.8 Å². The van der Waals surface area contributed by atoms with Crippen LogP contribution in [0.15, 0.2) is 0 Å². The van der Waals surface area contributed by atoms with Gasteiger partial charge in [0.2, 0.25) is 0 Å². The van der Waals surface area contributed by atoms with E-state index in [1.807, 2.05) is 0 Å². The van der Waals surface area contributed by atoms with Crippen LogP contribution in [0, 0.1) is 17.8 Å². The van der Waals surface area contributed by atoms with Gasteiger partial charge in [-0.2, -0.15) is 0 Å². The van der Waals surface area contributed by atoms with Gasteiger partial charge in [0.1, 0.15) is 0 Å². The van der Waals surface area contributed by atoms with Crippen LogP contribution < -0.4 is 0 Å². The summed E-state index contributed by atoms with van der Waals surface area (Å²) in [7, 11) is 0. The lowest BCUT2D eigenvalue weighted by Crippen LogP contribution is -2.19. The minimum absolute atomic E-state index is 0.920. The molecule has 0 bridgehead atoms. The van der Waals surface area contributed by atoms with Gasteiger partial charge in [0.25, 0.3) is 0 Å². The first-order valence-corrected chi connectivity index (χ1v) is 7.17. The molecule has 0 saturated carbocycles. The summed E-state index contributed by atoms with van der Waals surface area (Å²) in [6, 6.07) is 0. The van der Waals surface area contributed by atoms with Crippen molar-refractivity contribution < 1.29 is 0 Å². The van der Waals surface area contributed by atoms with Gasteiger partial charge in [0.05, 0.1) is 0 Å². The van der Waals surface area contributed by atoms with Crippen LogP contribution in [0.5, 0.6) is 0 Å². The third-order valence-corrected chi connectivity index (χ3v) is 4.01. The van der Waals surface area contributed by atoms with Gasteiger partial charge in [0.15, 0.2) is 0 Å². The van der Waals surface area contributed by atoms with Crippen molar-refractivity contribution >= 4 is 0 Å². The topological polar surface area (TPSA) is 0 Å². The summed E-state index contributed by atoms with van der Waals surface area (Å²) in [5.41, 5.74) is 0. The standard InChI is InChI=1S/C15H32/c1-6-9-11-14(5)15(12-10-7-2)13(4)8-3/h13-15H,6-12H2,1-5H3. The van der Waals surface area contributed by atoms with Gasteiger partial charge < -0.3 is 0 Å². The van der Waals surface area contributed by atoms with Gasteiger partial charge >= 0.3 is 0 Å². The molecule has 0 aliphatic carbocycles. The van der Waals surface area contributed by atoms with Crippen molar-refractivity contribution in [1.29, 1.82) is 0 Å². The second-order valence-corrected chi connectivity index (χ2v) is 5.31. The summed E-state index contributed by atoms with van der Waals surface area (Å²) in [5.74, 6) is 2.83. The van der Waals surface area contributed by atoms with Gasteiger partial charge in [0, 0.05) is 0 Å². The van der Waals surface area contributed by atoms with Gasteiger partial charge in [-0.15, -0.1) is 0 Å². The fraction of sp³-hybridized carbons (Fsp3) is 1.00. The molecular weight excluding hydrogens is 180 g/mol. The van der Waals surface area contributed by atoms with E-state index in [2.05, 4.69) is 34.6 Å². The van der Waals surface area contributed by atoms with Crippen molar-refractivity contribution in [3.8, 4) is 0 Å². The van der Waals surface area contributed by atoms with Gasteiger partial charge in [-0.3, -0.25) is 0 Å². The van der Waals surface area contributed by atoms with Crippen LogP contribution in [0.1, 0.15) is 79.6 Å². The molecule has 0 N–H and O–H groups in total. The highest BCUT2D eigenvalue weighted by Gasteiger charge is 2.21. The molecule has 0 saturated heterocycles. The maximum absolute atomic E-state index is 2.47. The van der Waals surface area contributed by atoms with Crippen molar-refractivity contribution in [2.45, 2.75) is 79.6 Å². The average Bonchev–Trinajstić information content (AvgIpc) is 2.26. The number of hydrogen-bond acceptors (Lipinski definition) is 0. The molecule has 0 heterocycles. The van der Waals surface area contributed by atoms with E-state index in [-0.39, 0.29) is 0 Å². The largest absolute Gasteiger partial charge is 0.0654 e. The molecule has 3 unspecified atom stereocenters. The molecule has 0 nitrogen and oxygen atoms in total. The maximum Gasteiger partial charge on any atom is -0.0363 e. The molecule has 15 heavy (non-hydrogen) atoms. The van der Waals surface area contributed by atoms with Crippen molar-refractivity contribution in [2.75, 3.05) is 0 Å². The molecule has 0 spiro atoms. The number of rotatable bonds is 9. The molecule has 0 heteroatoms. The Morgan fingerprint density at radius 3 is 1.73 bits per heavy atom. The van der Waals surface area contributed by atoms with E-state index in [4.69, 9.17) is 0 Å². The van der Waals surface area contributed by atoms with Crippen LogP contribution in [0.2, 0.25) is 0 Å². The third kappa shape index (κ3) is 6.22. The van der Waals surface area contributed by atoms with E-state index < -0.39 is 0 Å². The van der Waals surface area contributed by atoms with E-state index in [9.17, 15) is 0 Å². The van der Waals surface area contributed by atoms with Crippen LogP contribution in [-0.4, -0.2) is 0 Å². The Morgan fingerprint density at radius 1 is 0.733 bits per heavy atom. The Morgan fingerprint density at radius 2 is 1.27 bits per heavy atom. The van der Waals surface area contributed by atoms with Crippen molar-refractivity contribution in [3.05, 3.63) is 0 Å². The maximum atomic E-state index is 2.47. The fourth-order valence-electron chi connectivity index (χ4n) is 2.61. The lowest BCUT2D eigenvalue weighted by molar-refractivity contribution is 0.215. The highest BCUT2D eigenvalue weighted by Crippen LogP contribution is 2.31. The molecular formula is C15H32. The molecule has 0 aromatic carbocycles. The SMILES string of the molecule is CCCCC(C)C(CCCC)C(C)CC. The van der Waals surface area contributed by atoms with Crippen LogP contribution in [0.4, 0.5) is 0 Å². The summed E-state index contributed by atoms with van der Waals surface area (Å²) >= 11 is 0. The lowest BCUT2D eigenvalue weighted by atomic mass is 9.77. The Kier molecular flexibility index (Phi) is 9.24. The van der Waals surface area contributed by atoms with E-state index >= 15 is 0 Å². The predicted molar refractivity (Wildman–Crippen MR) is 71.2 cm³/mol. The van der Waals surface area contributed by atoms with Crippen molar-refractivity contribution in [3.63, 3.8) is 0 Å². The zero-order valence-corrected chi connectivity index (χ0v) is 11.7. The monoisotopic (exact) mass is 212 g/mol. The average molecular weight is 212 g/mol. The van der Waals surface area contributed by atoms with Crippen molar-refractivity contribution in [1.82, 2.24) is 0 Å². The predicted octanol–water partition coefficient (Wildman–Crippen LogP) is 5.67. The fourth-order valence-corrected chi connectivity index (χ4v) is 2.61. The number of hydrogen-bond donors (Lipinski definition) is 0. The molecule has 0 fully saturated rings. The Hall–Kier alpha value is 0. The van der Waals surface area contributed by atoms with Gasteiger partial charge in [-0.25, -0.2) is 0 Å². The first-order valence-electron chi connectivity index (χ1n) is 7.17. The molecule has 0 aromatic heterocycles. The third-order valence-electron chi connectivity index (χ3n) is 4.01. The van der Waals surface area contributed by atoms with E-state index in [0.717, 1.165) is 17.8 Å². The van der Waals surface area contributed by atoms with E-state index in [1.54, 1.807) is 0 Å². The normalized spacial score (nSPS) is 17.4. The van der Waals surface area contributed by atoms with Crippen LogP contribution in [-0.2, 0) is 0 Å². The van der Waals surface area contributed by atoms with Crippen LogP contribution >= 0.6 is 0 Å². The highest BCUT2D eigenvalue weighted by atomic mass is 14.3. The number of unbranched alkanes of at least 4 members (excludes halogenated alkanes) is 2. The Balaban J connectivity index is 4.07. The smallest absolute Gasteiger partial charge is 0.0363 e. The zero-order valence-electron chi connectivity index (χ0n) is 11.7. The summed E-state index contributed by atoms with van der Waals surface area (Å²) in [4.78, 5) is 0. The Bertz CT molecular complexity index is 128. The minimum Gasteiger partial charge on any atom is -0.0654 e. The summed E-state index contributed by atoms with van der Waals surface area (Å²) in [6.45, 7) is 11.9. The molecule has 0 aromatic rings. The Labute approximate surface area is 97.8 Å². The first-order chi connectivity index (χ1) is 7.17. The zero-order chi connectivity index (χ0) is 11.7. The minimum atomic E-state index is 0.920. The molecule has 3 atom stereocenters. The highest BCUT2D eigenvalue weighted by molar-refractivity contribution is 4.71. The van der Waals surface area contributed by atoms with Crippen LogP contribution in [0.25, 0.3) is 0 Å². The molecule has 0 aliphatic rings. The second-order valence-electron chi connectivity index (χ2n) is 5.31. The van der Waals surface area contributed by atoms with Crippen LogP contribution in [0.3, 0.4) is 0 Å². The molecule has 92 valence electrons. The molecule has 0 radical (unpaired) electrons.